The maximum atomic E-state index is 13.2. The standard InChI is InChI=1S/C16H16F6N2O/c17-15(18,19)14(16(20,21)22)6-8-24(9-14)13(25)11-5-1-3-10-4-2-7-23-12(10)11/h2,4,7,11H,1,3,5-6,8-9H2. The number of likely N-dealkylation sites (tertiary alicyclic amines) is 1. The summed E-state index contributed by atoms with van der Waals surface area (Å²) >= 11 is 0. The number of carbonyl (C=O) groups excluding carboxylic acids is 1. The van der Waals surface area contributed by atoms with Gasteiger partial charge in [0.15, 0.2) is 5.41 Å². The van der Waals surface area contributed by atoms with Crippen molar-refractivity contribution < 1.29 is 31.1 Å². The number of halogens is 6. The van der Waals surface area contributed by atoms with Gasteiger partial charge in [-0.3, -0.25) is 9.78 Å². The molecule has 0 spiro atoms. The van der Waals surface area contributed by atoms with Gasteiger partial charge in [-0.15, -0.1) is 0 Å². The molecule has 0 aromatic carbocycles. The highest BCUT2D eigenvalue weighted by Crippen LogP contribution is 2.55. The average molecular weight is 366 g/mol. The maximum absolute atomic E-state index is 13.2. The molecule has 0 N–H and O–H groups in total. The van der Waals surface area contributed by atoms with Crippen LogP contribution in [-0.2, 0) is 11.2 Å². The van der Waals surface area contributed by atoms with Gasteiger partial charge in [-0.05, 0) is 37.3 Å². The quantitative estimate of drug-likeness (QED) is 0.708. The predicted octanol–water partition coefficient (Wildman–Crippen LogP) is 3.84. The fourth-order valence-corrected chi connectivity index (χ4v) is 3.69. The smallest absolute Gasteiger partial charge is 0.341 e. The molecular formula is C16H16F6N2O. The molecule has 3 rings (SSSR count). The second kappa shape index (κ2) is 5.88. The lowest BCUT2D eigenvalue weighted by molar-refractivity contribution is -0.334. The molecule has 9 heteroatoms. The van der Waals surface area contributed by atoms with Gasteiger partial charge in [-0.1, -0.05) is 6.07 Å². The molecule has 2 heterocycles. The van der Waals surface area contributed by atoms with Crippen LogP contribution in [0, 0.1) is 5.41 Å². The highest BCUT2D eigenvalue weighted by molar-refractivity contribution is 5.84. The van der Waals surface area contributed by atoms with Crippen LogP contribution in [0.4, 0.5) is 26.3 Å². The Morgan fingerprint density at radius 1 is 1.20 bits per heavy atom. The minimum atomic E-state index is -5.46. The zero-order valence-electron chi connectivity index (χ0n) is 13.1. The molecule has 2 aliphatic rings. The van der Waals surface area contributed by atoms with E-state index in [1.54, 1.807) is 12.1 Å². The highest BCUT2D eigenvalue weighted by atomic mass is 19.4. The molecule has 1 unspecified atom stereocenters. The Balaban J connectivity index is 1.86. The van der Waals surface area contributed by atoms with Crippen molar-refractivity contribution >= 4 is 5.91 Å². The Bertz CT molecular complexity index is 655. The number of fused-ring (bicyclic) bond motifs is 1. The fraction of sp³-hybridized carbons (Fsp3) is 0.625. The first-order valence-electron chi connectivity index (χ1n) is 7.93. The molecule has 1 aromatic rings. The van der Waals surface area contributed by atoms with E-state index in [-0.39, 0.29) is 0 Å². The van der Waals surface area contributed by atoms with Crippen LogP contribution < -0.4 is 0 Å². The molecule has 1 aliphatic carbocycles. The zero-order valence-corrected chi connectivity index (χ0v) is 13.1. The topological polar surface area (TPSA) is 33.2 Å². The lowest BCUT2D eigenvalue weighted by Crippen LogP contribution is -2.52. The Hall–Kier alpha value is -1.80. The van der Waals surface area contributed by atoms with Crippen LogP contribution >= 0.6 is 0 Å². The number of aromatic nitrogens is 1. The molecule has 25 heavy (non-hydrogen) atoms. The van der Waals surface area contributed by atoms with Gasteiger partial charge in [0.25, 0.3) is 0 Å². The number of carbonyl (C=O) groups is 1. The summed E-state index contributed by atoms with van der Waals surface area (Å²) in [5, 5.41) is 0. The Kier molecular flexibility index (Phi) is 4.23. The van der Waals surface area contributed by atoms with E-state index in [1.165, 1.54) is 6.20 Å². The fourth-order valence-electron chi connectivity index (χ4n) is 3.69. The average Bonchev–Trinajstić information content (AvgIpc) is 3.00. The highest BCUT2D eigenvalue weighted by Gasteiger charge is 2.73. The number of rotatable bonds is 1. The van der Waals surface area contributed by atoms with Gasteiger partial charge in [0.05, 0.1) is 11.6 Å². The lowest BCUT2D eigenvalue weighted by atomic mass is 9.84. The number of pyridine rings is 1. The van der Waals surface area contributed by atoms with Crippen molar-refractivity contribution in [2.45, 2.75) is 44.0 Å². The normalized spacial score (nSPS) is 23.4. The first-order valence-corrected chi connectivity index (χ1v) is 7.93. The Morgan fingerprint density at radius 2 is 1.88 bits per heavy atom. The van der Waals surface area contributed by atoms with Crippen molar-refractivity contribution in [1.29, 1.82) is 0 Å². The minimum absolute atomic E-state index is 0.379. The minimum Gasteiger partial charge on any atom is -0.341 e. The van der Waals surface area contributed by atoms with Crippen molar-refractivity contribution in [2.75, 3.05) is 13.1 Å². The van der Waals surface area contributed by atoms with E-state index < -0.39 is 49.1 Å². The van der Waals surface area contributed by atoms with E-state index in [0.29, 0.717) is 29.9 Å². The molecule has 0 bridgehead atoms. The van der Waals surface area contributed by atoms with Crippen LogP contribution in [0.2, 0.25) is 0 Å². The molecule has 1 aliphatic heterocycles. The van der Waals surface area contributed by atoms with Gasteiger partial charge in [-0.25, -0.2) is 0 Å². The summed E-state index contributed by atoms with van der Waals surface area (Å²) in [7, 11) is 0. The summed E-state index contributed by atoms with van der Waals surface area (Å²) in [6, 6.07) is 3.47. The first kappa shape index (κ1) is 18.0. The van der Waals surface area contributed by atoms with E-state index >= 15 is 0 Å². The molecule has 1 atom stereocenters. The third-order valence-electron chi connectivity index (χ3n) is 5.16. The molecule has 0 saturated carbocycles. The number of alkyl halides is 6. The second-order valence-electron chi connectivity index (χ2n) is 6.58. The summed E-state index contributed by atoms with van der Waals surface area (Å²) in [6.45, 7) is -1.94. The van der Waals surface area contributed by atoms with Gasteiger partial charge in [-0.2, -0.15) is 26.3 Å². The van der Waals surface area contributed by atoms with Crippen molar-refractivity contribution in [3.63, 3.8) is 0 Å². The van der Waals surface area contributed by atoms with Gasteiger partial charge in [0.1, 0.15) is 0 Å². The summed E-state index contributed by atoms with van der Waals surface area (Å²) in [5.41, 5.74) is -2.56. The summed E-state index contributed by atoms with van der Waals surface area (Å²) in [6.07, 6.45) is -8.87. The van der Waals surface area contributed by atoms with Crippen LogP contribution in [0.3, 0.4) is 0 Å². The largest absolute Gasteiger partial charge is 0.404 e. The zero-order chi connectivity index (χ0) is 18.5. The number of nitrogens with zero attached hydrogens (tertiary/aromatic N) is 2. The lowest BCUT2D eigenvalue weighted by Gasteiger charge is -2.34. The molecule has 0 radical (unpaired) electrons. The van der Waals surface area contributed by atoms with E-state index in [2.05, 4.69) is 4.98 Å². The van der Waals surface area contributed by atoms with Gasteiger partial charge < -0.3 is 4.90 Å². The third kappa shape index (κ3) is 2.87. The van der Waals surface area contributed by atoms with Crippen LogP contribution in [0.15, 0.2) is 18.3 Å². The van der Waals surface area contributed by atoms with E-state index in [0.717, 1.165) is 5.56 Å². The Labute approximate surface area is 140 Å². The van der Waals surface area contributed by atoms with Gasteiger partial charge >= 0.3 is 12.4 Å². The van der Waals surface area contributed by atoms with Gasteiger partial charge in [0.2, 0.25) is 5.91 Å². The predicted molar refractivity (Wildman–Crippen MR) is 75.7 cm³/mol. The first-order chi connectivity index (χ1) is 11.6. The maximum Gasteiger partial charge on any atom is 0.404 e. The van der Waals surface area contributed by atoms with Crippen LogP contribution in [0.1, 0.15) is 36.4 Å². The molecule has 3 nitrogen and oxygen atoms in total. The van der Waals surface area contributed by atoms with Crippen LogP contribution in [0.25, 0.3) is 0 Å². The second-order valence-corrected chi connectivity index (χ2v) is 6.58. The van der Waals surface area contributed by atoms with Crippen molar-refractivity contribution in [1.82, 2.24) is 9.88 Å². The van der Waals surface area contributed by atoms with Gasteiger partial charge in [0, 0.05) is 19.3 Å². The number of aryl methyl sites for hydroxylation is 1. The molecule has 1 saturated heterocycles. The van der Waals surface area contributed by atoms with Crippen LogP contribution in [-0.4, -0.2) is 41.2 Å². The molecule has 1 amide bonds. The van der Waals surface area contributed by atoms with Crippen molar-refractivity contribution in [3.05, 3.63) is 29.6 Å². The van der Waals surface area contributed by atoms with E-state index in [4.69, 9.17) is 0 Å². The molecule has 138 valence electrons. The summed E-state index contributed by atoms with van der Waals surface area (Å²) in [4.78, 5) is 17.5. The summed E-state index contributed by atoms with van der Waals surface area (Å²) in [5.74, 6) is -1.47. The van der Waals surface area contributed by atoms with E-state index in [1.807, 2.05) is 0 Å². The Morgan fingerprint density at radius 3 is 2.48 bits per heavy atom. The SMILES string of the molecule is O=C(C1CCCc2cccnc21)N1CCC(C(F)(F)F)(C(F)(F)F)C1. The molecule has 1 aromatic heterocycles. The summed E-state index contributed by atoms with van der Waals surface area (Å²) < 4.78 is 79.0. The molecule has 1 fully saturated rings. The van der Waals surface area contributed by atoms with E-state index in [9.17, 15) is 31.1 Å². The molecular weight excluding hydrogens is 350 g/mol. The van der Waals surface area contributed by atoms with Crippen molar-refractivity contribution in [3.8, 4) is 0 Å². The van der Waals surface area contributed by atoms with Crippen LogP contribution in [0.5, 0.6) is 0 Å². The number of hydrogen-bond acceptors (Lipinski definition) is 2. The third-order valence-corrected chi connectivity index (χ3v) is 5.16. The number of amides is 1. The monoisotopic (exact) mass is 366 g/mol. The van der Waals surface area contributed by atoms with Crippen molar-refractivity contribution in [2.24, 2.45) is 5.41 Å². The number of hydrogen-bond donors (Lipinski definition) is 0.